The molecular formula is C8H17NO4. The van der Waals surface area contributed by atoms with Gasteiger partial charge in [-0.3, -0.25) is 4.79 Å². The SMILES string of the molecule is CC(C)C(NCC(O)CO)C(=O)O. The summed E-state index contributed by atoms with van der Waals surface area (Å²) in [5.41, 5.74) is 0. The molecule has 13 heavy (non-hydrogen) atoms. The Kier molecular flexibility index (Phi) is 5.61. The molecule has 2 unspecified atom stereocenters. The van der Waals surface area contributed by atoms with Crippen molar-refractivity contribution < 1.29 is 20.1 Å². The van der Waals surface area contributed by atoms with E-state index in [9.17, 15) is 4.79 Å². The Hall–Kier alpha value is -0.650. The van der Waals surface area contributed by atoms with E-state index < -0.39 is 18.1 Å². The minimum Gasteiger partial charge on any atom is -0.480 e. The fourth-order valence-corrected chi connectivity index (χ4v) is 0.936. The van der Waals surface area contributed by atoms with E-state index in [1.54, 1.807) is 13.8 Å². The second kappa shape index (κ2) is 5.90. The van der Waals surface area contributed by atoms with Gasteiger partial charge in [0.05, 0.1) is 12.7 Å². The van der Waals surface area contributed by atoms with Crippen molar-refractivity contribution in [1.29, 1.82) is 0 Å². The monoisotopic (exact) mass is 191 g/mol. The number of aliphatic carboxylic acids is 1. The van der Waals surface area contributed by atoms with Gasteiger partial charge in [-0.2, -0.15) is 0 Å². The highest BCUT2D eigenvalue weighted by Gasteiger charge is 2.21. The Bertz CT molecular complexity index is 160. The second-order valence-electron chi connectivity index (χ2n) is 3.30. The fraction of sp³-hybridized carbons (Fsp3) is 0.875. The van der Waals surface area contributed by atoms with Crippen molar-refractivity contribution >= 4 is 5.97 Å². The summed E-state index contributed by atoms with van der Waals surface area (Å²) in [4.78, 5) is 10.6. The molecule has 78 valence electrons. The first-order valence-corrected chi connectivity index (χ1v) is 4.24. The second-order valence-corrected chi connectivity index (χ2v) is 3.30. The first-order chi connectivity index (χ1) is 5.99. The van der Waals surface area contributed by atoms with Crippen molar-refractivity contribution in [3.05, 3.63) is 0 Å². The molecule has 0 aromatic rings. The molecule has 0 aromatic heterocycles. The summed E-state index contributed by atoms with van der Waals surface area (Å²) in [7, 11) is 0. The Morgan fingerprint density at radius 2 is 2.00 bits per heavy atom. The van der Waals surface area contributed by atoms with Crippen LogP contribution in [0.3, 0.4) is 0 Å². The van der Waals surface area contributed by atoms with Crippen molar-refractivity contribution in [2.45, 2.75) is 26.0 Å². The summed E-state index contributed by atoms with van der Waals surface area (Å²) in [6.45, 7) is 3.28. The summed E-state index contributed by atoms with van der Waals surface area (Å²) in [5, 5.41) is 28.8. The number of carbonyl (C=O) groups is 1. The van der Waals surface area contributed by atoms with Crippen molar-refractivity contribution in [2.24, 2.45) is 5.92 Å². The van der Waals surface area contributed by atoms with Gasteiger partial charge in [0.1, 0.15) is 6.04 Å². The predicted octanol–water partition coefficient (Wildman–Crippen LogP) is -0.962. The standard InChI is InChI=1S/C8H17NO4/c1-5(2)7(8(12)13)9-3-6(11)4-10/h5-7,9-11H,3-4H2,1-2H3,(H,12,13). The summed E-state index contributed by atoms with van der Waals surface area (Å²) in [6.07, 6.45) is -0.902. The van der Waals surface area contributed by atoms with Crippen LogP contribution in [0.2, 0.25) is 0 Å². The molecule has 0 aromatic carbocycles. The molecule has 5 heteroatoms. The molecule has 0 spiro atoms. The maximum atomic E-state index is 10.6. The van der Waals surface area contributed by atoms with Crippen LogP contribution in [0.15, 0.2) is 0 Å². The van der Waals surface area contributed by atoms with E-state index in [1.165, 1.54) is 0 Å². The van der Waals surface area contributed by atoms with Gasteiger partial charge in [-0.15, -0.1) is 0 Å². The van der Waals surface area contributed by atoms with Gasteiger partial charge < -0.3 is 20.6 Å². The average Bonchev–Trinajstić information content (AvgIpc) is 2.03. The van der Waals surface area contributed by atoms with E-state index in [2.05, 4.69) is 5.32 Å². The molecule has 0 saturated carbocycles. The molecule has 2 atom stereocenters. The molecular weight excluding hydrogens is 174 g/mol. The number of carboxylic acid groups (broad SMARTS) is 1. The van der Waals surface area contributed by atoms with E-state index in [4.69, 9.17) is 15.3 Å². The average molecular weight is 191 g/mol. The van der Waals surface area contributed by atoms with Gasteiger partial charge in [0.25, 0.3) is 0 Å². The molecule has 0 fully saturated rings. The maximum absolute atomic E-state index is 10.6. The Balaban J connectivity index is 3.90. The zero-order valence-electron chi connectivity index (χ0n) is 7.90. The van der Waals surface area contributed by atoms with Crippen LogP contribution in [0.4, 0.5) is 0 Å². The predicted molar refractivity (Wildman–Crippen MR) is 47.4 cm³/mol. The van der Waals surface area contributed by atoms with Crippen LogP contribution >= 0.6 is 0 Å². The number of carboxylic acids is 1. The summed E-state index contributed by atoms with van der Waals surface area (Å²) >= 11 is 0. The summed E-state index contributed by atoms with van der Waals surface area (Å²) in [6, 6.07) is -0.679. The van der Waals surface area contributed by atoms with Crippen LogP contribution in [0.25, 0.3) is 0 Å². The van der Waals surface area contributed by atoms with Crippen LogP contribution in [-0.2, 0) is 4.79 Å². The van der Waals surface area contributed by atoms with Gasteiger partial charge in [-0.25, -0.2) is 0 Å². The number of rotatable bonds is 6. The molecule has 0 bridgehead atoms. The zero-order valence-corrected chi connectivity index (χ0v) is 7.90. The Labute approximate surface area is 77.4 Å². The topological polar surface area (TPSA) is 89.8 Å². The highest BCUT2D eigenvalue weighted by Crippen LogP contribution is 2.01. The molecule has 0 rings (SSSR count). The lowest BCUT2D eigenvalue weighted by molar-refractivity contribution is -0.140. The molecule has 4 N–H and O–H groups in total. The zero-order chi connectivity index (χ0) is 10.4. The Morgan fingerprint density at radius 1 is 1.46 bits per heavy atom. The van der Waals surface area contributed by atoms with Gasteiger partial charge in [0.15, 0.2) is 0 Å². The van der Waals surface area contributed by atoms with E-state index in [-0.39, 0.29) is 19.1 Å². The van der Waals surface area contributed by atoms with Gasteiger partial charge >= 0.3 is 5.97 Å². The lowest BCUT2D eigenvalue weighted by Crippen LogP contribution is -2.44. The van der Waals surface area contributed by atoms with Crippen LogP contribution in [0, 0.1) is 5.92 Å². The molecule has 0 aliphatic carbocycles. The third kappa shape index (κ3) is 4.82. The van der Waals surface area contributed by atoms with Gasteiger partial charge in [-0.1, -0.05) is 13.8 Å². The molecule has 0 radical (unpaired) electrons. The molecule has 0 amide bonds. The van der Waals surface area contributed by atoms with E-state index >= 15 is 0 Å². The third-order valence-corrected chi connectivity index (χ3v) is 1.72. The van der Waals surface area contributed by atoms with Gasteiger partial charge in [-0.05, 0) is 5.92 Å². The van der Waals surface area contributed by atoms with Gasteiger partial charge in [0.2, 0.25) is 0 Å². The minimum atomic E-state index is -0.944. The molecule has 0 saturated heterocycles. The van der Waals surface area contributed by atoms with E-state index in [0.717, 1.165) is 0 Å². The van der Waals surface area contributed by atoms with Crippen LogP contribution in [0.1, 0.15) is 13.8 Å². The van der Waals surface area contributed by atoms with Crippen molar-refractivity contribution in [2.75, 3.05) is 13.2 Å². The van der Waals surface area contributed by atoms with Gasteiger partial charge in [0, 0.05) is 6.54 Å². The molecule has 0 heterocycles. The van der Waals surface area contributed by atoms with Crippen LogP contribution < -0.4 is 5.32 Å². The van der Waals surface area contributed by atoms with Crippen molar-refractivity contribution in [1.82, 2.24) is 5.32 Å². The normalized spacial score (nSPS) is 15.8. The summed E-state index contributed by atoms with van der Waals surface area (Å²) < 4.78 is 0. The van der Waals surface area contributed by atoms with Crippen molar-refractivity contribution in [3.63, 3.8) is 0 Å². The smallest absolute Gasteiger partial charge is 0.320 e. The first-order valence-electron chi connectivity index (χ1n) is 4.24. The van der Waals surface area contributed by atoms with Crippen LogP contribution in [-0.4, -0.2) is 46.6 Å². The van der Waals surface area contributed by atoms with E-state index in [0.29, 0.717) is 0 Å². The lowest BCUT2D eigenvalue weighted by Gasteiger charge is -2.19. The quantitative estimate of drug-likeness (QED) is 0.434. The number of nitrogens with one attached hydrogen (secondary N) is 1. The highest BCUT2D eigenvalue weighted by molar-refractivity contribution is 5.73. The van der Waals surface area contributed by atoms with Crippen molar-refractivity contribution in [3.8, 4) is 0 Å². The lowest BCUT2D eigenvalue weighted by atomic mass is 10.0. The van der Waals surface area contributed by atoms with E-state index in [1.807, 2.05) is 0 Å². The maximum Gasteiger partial charge on any atom is 0.320 e. The highest BCUT2D eigenvalue weighted by atomic mass is 16.4. The minimum absolute atomic E-state index is 0.0524. The van der Waals surface area contributed by atoms with Crippen LogP contribution in [0.5, 0.6) is 0 Å². The third-order valence-electron chi connectivity index (χ3n) is 1.72. The molecule has 5 nitrogen and oxygen atoms in total. The molecule has 0 aliphatic heterocycles. The number of aliphatic hydroxyl groups excluding tert-OH is 2. The number of hydrogen-bond donors (Lipinski definition) is 4. The molecule has 0 aliphatic rings. The first kappa shape index (κ1) is 12.3. The fourth-order valence-electron chi connectivity index (χ4n) is 0.936. The largest absolute Gasteiger partial charge is 0.480 e. The number of hydrogen-bond acceptors (Lipinski definition) is 4. The Morgan fingerprint density at radius 3 is 2.31 bits per heavy atom. The summed E-state index contributed by atoms with van der Waals surface area (Å²) in [5.74, 6) is -0.997. The number of aliphatic hydroxyl groups is 2.